The van der Waals surface area contributed by atoms with E-state index in [1.807, 2.05) is 30.3 Å². The molecule has 0 radical (unpaired) electrons. The van der Waals surface area contributed by atoms with Gasteiger partial charge in [0.2, 0.25) is 0 Å². The van der Waals surface area contributed by atoms with Gasteiger partial charge in [0.1, 0.15) is 6.61 Å². The van der Waals surface area contributed by atoms with Crippen molar-refractivity contribution in [3.05, 3.63) is 70.2 Å². The van der Waals surface area contributed by atoms with Crippen molar-refractivity contribution >= 4 is 23.0 Å². The topological polar surface area (TPSA) is 92.6 Å². The molecule has 0 atom stereocenters. The van der Waals surface area contributed by atoms with Crippen molar-refractivity contribution in [3.8, 4) is 0 Å². The second-order valence-electron chi connectivity index (χ2n) is 6.89. The molecule has 0 unspecified atom stereocenters. The number of amides is 1. The van der Waals surface area contributed by atoms with E-state index >= 15 is 0 Å². The standard InChI is InChI=1S/C21H20N2O5/c24-19(16-6-7-17-18(12-16)28-20(25)22-17)15-8-10-23(11-9-15)21(26)27-13-14-4-2-1-3-5-14/h1-7,12,15H,8-11,13H2,(H,22,25). The lowest BCUT2D eigenvalue weighted by atomic mass is 9.89. The Bertz CT molecular complexity index is 1050. The van der Waals surface area contributed by atoms with E-state index in [0.29, 0.717) is 42.6 Å². The van der Waals surface area contributed by atoms with Crippen LogP contribution in [0.1, 0.15) is 28.8 Å². The fraction of sp³-hybridized carbons (Fsp3) is 0.286. The Morgan fingerprint density at radius 3 is 2.61 bits per heavy atom. The molecule has 1 aromatic heterocycles. The van der Waals surface area contributed by atoms with Crippen molar-refractivity contribution in [1.82, 2.24) is 9.88 Å². The third-order valence-corrected chi connectivity index (χ3v) is 5.03. The lowest BCUT2D eigenvalue weighted by molar-refractivity contribution is 0.0713. The lowest BCUT2D eigenvalue weighted by Gasteiger charge is -2.30. The van der Waals surface area contributed by atoms with E-state index in [1.54, 1.807) is 23.1 Å². The van der Waals surface area contributed by atoms with Gasteiger partial charge in [-0.05, 0) is 36.6 Å². The number of likely N-dealkylation sites (tertiary alicyclic amines) is 1. The smallest absolute Gasteiger partial charge is 0.417 e. The molecule has 4 rings (SSSR count). The molecule has 1 aliphatic rings. The molecule has 1 fully saturated rings. The number of hydrogen-bond acceptors (Lipinski definition) is 5. The van der Waals surface area contributed by atoms with Crippen LogP contribution in [-0.2, 0) is 11.3 Å². The van der Waals surface area contributed by atoms with Crippen molar-refractivity contribution in [1.29, 1.82) is 0 Å². The maximum absolute atomic E-state index is 12.8. The Morgan fingerprint density at radius 2 is 1.86 bits per heavy atom. The molecule has 144 valence electrons. The van der Waals surface area contributed by atoms with Gasteiger partial charge in [-0.2, -0.15) is 0 Å². The number of aromatic nitrogens is 1. The van der Waals surface area contributed by atoms with Gasteiger partial charge in [-0.1, -0.05) is 30.3 Å². The molecule has 0 spiro atoms. The molecule has 0 bridgehead atoms. The van der Waals surface area contributed by atoms with Crippen LogP contribution in [0.25, 0.3) is 11.1 Å². The van der Waals surface area contributed by atoms with E-state index in [4.69, 9.17) is 9.15 Å². The highest BCUT2D eigenvalue weighted by atomic mass is 16.6. The average molecular weight is 380 g/mol. The molecule has 1 N–H and O–H groups in total. The number of nitrogens with zero attached hydrogens (tertiary/aromatic N) is 1. The number of benzene rings is 2. The van der Waals surface area contributed by atoms with E-state index in [2.05, 4.69) is 4.98 Å². The fourth-order valence-electron chi connectivity index (χ4n) is 3.47. The van der Waals surface area contributed by atoms with Crippen molar-refractivity contribution in [2.75, 3.05) is 13.1 Å². The number of ether oxygens (including phenoxy) is 1. The maximum Gasteiger partial charge on any atom is 0.417 e. The van der Waals surface area contributed by atoms with Gasteiger partial charge in [0.05, 0.1) is 5.52 Å². The minimum atomic E-state index is -0.540. The van der Waals surface area contributed by atoms with E-state index < -0.39 is 5.76 Å². The SMILES string of the molecule is O=C(c1ccc2[nH]c(=O)oc2c1)C1CCN(C(=O)OCc2ccccc2)CC1. The van der Waals surface area contributed by atoms with Gasteiger partial charge >= 0.3 is 11.8 Å². The molecular formula is C21H20N2O5. The van der Waals surface area contributed by atoms with E-state index in [9.17, 15) is 14.4 Å². The highest BCUT2D eigenvalue weighted by molar-refractivity contribution is 6.00. The van der Waals surface area contributed by atoms with Crippen LogP contribution in [0.3, 0.4) is 0 Å². The maximum atomic E-state index is 12.8. The molecule has 0 saturated carbocycles. The van der Waals surface area contributed by atoms with Crippen LogP contribution in [0.5, 0.6) is 0 Å². The number of Topliss-reactive ketones (excluding diaryl/α,β-unsaturated/α-hetero) is 1. The van der Waals surface area contributed by atoms with E-state index in [1.165, 1.54) is 0 Å². The molecular weight excluding hydrogens is 360 g/mol. The first-order valence-electron chi connectivity index (χ1n) is 9.23. The van der Waals surface area contributed by atoms with Gasteiger partial charge in [0, 0.05) is 24.6 Å². The first-order valence-corrected chi connectivity index (χ1v) is 9.23. The Kier molecular flexibility index (Phi) is 4.97. The third kappa shape index (κ3) is 3.83. The van der Waals surface area contributed by atoms with E-state index in [-0.39, 0.29) is 24.4 Å². The molecule has 0 aliphatic carbocycles. The van der Waals surface area contributed by atoms with E-state index in [0.717, 1.165) is 5.56 Å². The molecule has 2 aromatic carbocycles. The van der Waals surface area contributed by atoms with Crippen LogP contribution in [0.2, 0.25) is 0 Å². The summed E-state index contributed by atoms with van der Waals surface area (Å²) in [4.78, 5) is 40.5. The van der Waals surface area contributed by atoms with Crippen LogP contribution in [-0.4, -0.2) is 34.8 Å². The summed E-state index contributed by atoms with van der Waals surface area (Å²) in [5, 5.41) is 0. The largest absolute Gasteiger partial charge is 0.445 e. The van der Waals surface area contributed by atoms with Crippen molar-refractivity contribution in [2.24, 2.45) is 5.92 Å². The lowest BCUT2D eigenvalue weighted by Crippen LogP contribution is -2.40. The normalized spacial score (nSPS) is 14.9. The van der Waals surface area contributed by atoms with Crippen LogP contribution < -0.4 is 5.76 Å². The molecule has 1 aliphatic heterocycles. The summed E-state index contributed by atoms with van der Waals surface area (Å²) in [5.74, 6) is -0.703. The quantitative estimate of drug-likeness (QED) is 0.701. The minimum Gasteiger partial charge on any atom is -0.445 e. The van der Waals surface area contributed by atoms with Crippen LogP contribution >= 0.6 is 0 Å². The molecule has 1 saturated heterocycles. The Balaban J connectivity index is 1.33. The summed E-state index contributed by atoms with van der Waals surface area (Å²) >= 11 is 0. The molecule has 28 heavy (non-hydrogen) atoms. The summed E-state index contributed by atoms with van der Waals surface area (Å²) in [6.45, 7) is 1.19. The van der Waals surface area contributed by atoms with Gasteiger partial charge in [0.25, 0.3) is 0 Å². The number of ketones is 1. The number of fused-ring (bicyclic) bond motifs is 1. The number of aromatic amines is 1. The van der Waals surface area contributed by atoms with Crippen LogP contribution in [0.4, 0.5) is 4.79 Å². The van der Waals surface area contributed by atoms with Gasteiger partial charge in [-0.15, -0.1) is 0 Å². The number of carbonyl (C=O) groups excluding carboxylic acids is 2. The summed E-state index contributed by atoms with van der Waals surface area (Å²) in [6.07, 6.45) is 0.799. The fourth-order valence-corrected chi connectivity index (χ4v) is 3.47. The Labute approximate surface area is 160 Å². The van der Waals surface area contributed by atoms with Crippen molar-refractivity contribution in [3.63, 3.8) is 0 Å². The second kappa shape index (κ2) is 7.72. The first kappa shape index (κ1) is 18.0. The number of piperidine rings is 1. The molecule has 2 heterocycles. The predicted molar refractivity (Wildman–Crippen MR) is 102 cm³/mol. The highest BCUT2D eigenvalue weighted by Gasteiger charge is 2.29. The van der Waals surface area contributed by atoms with Crippen LogP contribution in [0.15, 0.2) is 57.7 Å². The molecule has 1 amide bonds. The molecule has 7 heteroatoms. The Hall–Kier alpha value is -3.35. The number of carbonyl (C=O) groups is 2. The molecule has 3 aromatic rings. The molecule has 7 nitrogen and oxygen atoms in total. The van der Waals surface area contributed by atoms with Crippen LogP contribution in [0, 0.1) is 5.92 Å². The van der Waals surface area contributed by atoms with Gasteiger partial charge < -0.3 is 14.1 Å². The first-order chi connectivity index (χ1) is 13.6. The zero-order valence-corrected chi connectivity index (χ0v) is 15.2. The predicted octanol–water partition coefficient (Wildman–Crippen LogP) is 3.35. The second-order valence-corrected chi connectivity index (χ2v) is 6.89. The number of oxazole rings is 1. The summed E-state index contributed by atoms with van der Waals surface area (Å²) in [5.41, 5.74) is 2.39. The number of H-pyrrole nitrogens is 1. The highest BCUT2D eigenvalue weighted by Crippen LogP contribution is 2.24. The minimum absolute atomic E-state index is 0.00283. The summed E-state index contributed by atoms with van der Waals surface area (Å²) in [7, 11) is 0. The zero-order chi connectivity index (χ0) is 19.5. The number of nitrogens with one attached hydrogen (secondary N) is 1. The number of hydrogen-bond donors (Lipinski definition) is 1. The summed E-state index contributed by atoms with van der Waals surface area (Å²) < 4.78 is 10.4. The third-order valence-electron chi connectivity index (χ3n) is 5.03. The number of rotatable bonds is 4. The average Bonchev–Trinajstić information content (AvgIpc) is 3.11. The monoisotopic (exact) mass is 380 g/mol. The summed E-state index contributed by atoms with van der Waals surface area (Å²) in [6, 6.07) is 14.5. The van der Waals surface area contributed by atoms with Crippen molar-refractivity contribution < 1.29 is 18.7 Å². The van der Waals surface area contributed by atoms with Gasteiger partial charge in [0.15, 0.2) is 11.4 Å². The Morgan fingerprint density at radius 1 is 1.11 bits per heavy atom. The van der Waals surface area contributed by atoms with Gasteiger partial charge in [-0.3, -0.25) is 9.78 Å². The van der Waals surface area contributed by atoms with Gasteiger partial charge in [-0.25, -0.2) is 9.59 Å². The van der Waals surface area contributed by atoms with Crippen molar-refractivity contribution in [2.45, 2.75) is 19.4 Å². The zero-order valence-electron chi connectivity index (χ0n) is 15.2.